The summed E-state index contributed by atoms with van der Waals surface area (Å²) in [5.41, 5.74) is 0.942. The maximum Gasteiger partial charge on any atom is 0.264 e. The summed E-state index contributed by atoms with van der Waals surface area (Å²) in [7, 11) is 0.0707. The van der Waals surface area contributed by atoms with Gasteiger partial charge in [0.15, 0.2) is 11.5 Å². The molecule has 1 atom stereocenters. The van der Waals surface area contributed by atoms with Crippen LogP contribution >= 0.6 is 0 Å². The lowest BCUT2D eigenvalue weighted by Gasteiger charge is -2.32. The van der Waals surface area contributed by atoms with Crippen molar-refractivity contribution in [2.75, 3.05) is 45.3 Å². The lowest BCUT2D eigenvalue weighted by atomic mass is 10.1. The van der Waals surface area contributed by atoms with Gasteiger partial charge < -0.3 is 29.2 Å². The number of benzene rings is 3. The molecule has 0 saturated heterocycles. The van der Waals surface area contributed by atoms with Gasteiger partial charge in [-0.2, -0.15) is 0 Å². The summed E-state index contributed by atoms with van der Waals surface area (Å²) < 4.78 is 50.8. The van der Waals surface area contributed by atoms with Gasteiger partial charge in [-0.15, -0.1) is 0 Å². The van der Waals surface area contributed by atoms with E-state index in [-0.39, 0.29) is 28.8 Å². The molecule has 0 aliphatic heterocycles. The molecule has 11 nitrogen and oxygen atoms in total. The standard InChI is InChI=1S/C31H39N3O8S/c1-7-32-31(36)22(3)33(20-23-10-9-11-26(18-23)39-4)30(35)21-34(24-12-14-25(15-13-24)42-8-2)43(37,38)27-16-17-28(40-5)29(19-27)41-6/h9-19,22H,7-8,20-21H2,1-6H3,(H,32,36). The predicted octanol–water partition coefficient (Wildman–Crippen LogP) is 3.86. The Morgan fingerprint density at radius 1 is 0.860 bits per heavy atom. The average molecular weight is 614 g/mol. The molecule has 0 bridgehead atoms. The number of likely N-dealkylation sites (N-methyl/N-ethyl adjacent to an activating group) is 1. The number of sulfonamides is 1. The highest BCUT2D eigenvalue weighted by Crippen LogP contribution is 2.33. The van der Waals surface area contributed by atoms with E-state index in [1.165, 1.54) is 44.4 Å². The first-order valence-electron chi connectivity index (χ1n) is 13.8. The van der Waals surface area contributed by atoms with E-state index in [0.29, 0.717) is 36.0 Å². The molecule has 1 N–H and O–H groups in total. The van der Waals surface area contributed by atoms with Crippen molar-refractivity contribution in [1.29, 1.82) is 0 Å². The summed E-state index contributed by atoms with van der Waals surface area (Å²) in [4.78, 5) is 28.2. The number of nitrogens with one attached hydrogen (secondary N) is 1. The number of amides is 2. The second-order valence-corrected chi connectivity index (χ2v) is 11.3. The highest BCUT2D eigenvalue weighted by Gasteiger charge is 2.33. The lowest BCUT2D eigenvalue weighted by molar-refractivity contribution is -0.139. The zero-order chi connectivity index (χ0) is 31.6. The van der Waals surface area contributed by atoms with E-state index in [9.17, 15) is 18.0 Å². The number of hydrogen-bond acceptors (Lipinski definition) is 8. The monoisotopic (exact) mass is 613 g/mol. The Bertz CT molecular complexity index is 1500. The van der Waals surface area contributed by atoms with Crippen molar-refractivity contribution in [3.63, 3.8) is 0 Å². The van der Waals surface area contributed by atoms with Crippen LogP contribution in [-0.2, 0) is 26.2 Å². The lowest BCUT2D eigenvalue weighted by Crippen LogP contribution is -2.51. The molecule has 43 heavy (non-hydrogen) atoms. The minimum atomic E-state index is -4.32. The van der Waals surface area contributed by atoms with E-state index >= 15 is 0 Å². The van der Waals surface area contributed by atoms with Crippen molar-refractivity contribution in [3.05, 3.63) is 72.3 Å². The third-order valence-corrected chi connectivity index (χ3v) is 8.43. The fourth-order valence-electron chi connectivity index (χ4n) is 4.38. The minimum Gasteiger partial charge on any atom is -0.497 e. The van der Waals surface area contributed by atoms with Gasteiger partial charge in [-0.25, -0.2) is 8.42 Å². The van der Waals surface area contributed by atoms with Gasteiger partial charge in [0.05, 0.1) is 38.5 Å². The molecule has 3 rings (SSSR count). The summed E-state index contributed by atoms with van der Waals surface area (Å²) >= 11 is 0. The molecule has 3 aromatic carbocycles. The van der Waals surface area contributed by atoms with E-state index in [1.807, 2.05) is 6.92 Å². The Kier molecular flexibility index (Phi) is 11.6. The molecule has 0 aliphatic rings. The second-order valence-electron chi connectivity index (χ2n) is 9.40. The van der Waals surface area contributed by atoms with Gasteiger partial charge in [-0.05, 0) is 74.9 Å². The molecule has 0 aliphatic carbocycles. The number of hydrogen-bond donors (Lipinski definition) is 1. The Labute approximate surface area is 253 Å². The molecule has 1 unspecified atom stereocenters. The molecular weight excluding hydrogens is 574 g/mol. The molecule has 12 heteroatoms. The van der Waals surface area contributed by atoms with Crippen molar-refractivity contribution in [2.24, 2.45) is 0 Å². The molecule has 232 valence electrons. The summed E-state index contributed by atoms with van der Waals surface area (Å²) in [6, 6.07) is 16.8. The van der Waals surface area contributed by atoms with Crippen LogP contribution < -0.4 is 28.6 Å². The highest BCUT2D eigenvalue weighted by molar-refractivity contribution is 7.92. The van der Waals surface area contributed by atoms with Gasteiger partial charge in [0.1, 0.15) is 24.1 Å². The van der Waals surface area contributed by atoms with E-state index in [2.05, 4.69) is 5.32 Å². The smallest absolute Gasteiger partial charge is 0.264 e. The van der Waals surface area contributed by atoms with E-state index in [4.69, 9.17) is 18.9 Å². The summed E-state index contributed by atoms with van der Waals surface area (Å²) in [5, 5.41) is 2.74. The van der Waals surface area contributed by atoms with Gasteiger partial charge in [-0.3, -0.25) is 13.9 Å². The van der Waals surface area contributed by atoms with E-state index in [0.717, 1.165) is 4.31 Å². The minimum absolute atomic E-state index is 0.0435. The highest BCUT2D eigenvalue weighted by atomic mass is 32.2. The molecule has 0 heterocycles. The summed E-state index contributed by atoms with van der Waals surface area (Å²) in [6.45, 7) is 5.49. The van der Waals surface area contributed by atoms with Gasteiger partial charge in [-0.1, -0.05) is 12.1 Å². The zero-order valence-corrected chi connectivity index (χ0v) is 26.1. The molecule has 0 spiro atoms. The summed E-state index contributed by atoms with van der Waals surface area (Å²) in [5.74, 6) is 0.748. The number of carbonyl (C=O) groups is 2. The van der Waals surface area contributed by atoms with Crippen LogP contribution in [0.4, 0.5) is 5.69 Å². The van der Waals surface area contributed by atoms with Crippen LogP contribution in [-0.4, -0.2) is 72.2 Å². The average Bonchev–Trinajstić information content (AvgIpc) is 3.02. The molecule has 0 fully saturated rings. The molecule has 0 radical (unpaired) electrons. The van der Waals surface area contributed by atoms with E-state index in [1.54, 1.807) is 62.4 Å². The summed E-state index contributed by atoms with van der Waals surface area (Å²) in [6.07, 6.45) is 0. The fraction of sp³-hybridized carbons (Fsp3) is 0.355. The maximum atomic E-state index is 14.1. The van der Waals surface area contributed by atoms with Gasteiger partial charge in [0.2, 0.25) is 11.8 Å². The Balaban J connectivity index is 2.08. The van der Waals surface area contributed by atoms with Crippen LogP contribution in [0, 0.1) is 0 Å². The van der Waals surface area contributed by atoms with Crippen molar-refractivity contribution < 1.29 is 37.0 Å². The van der Waals surface area contributed by atoms with Gasteiger partial charge in [0, 0.05) is 19.2 Å². The first kappa shape index (κ1) is 33.1. The largest absolute Gasteiger partial charge is 0.497 e. The quantitative estimate of drug-likeness (QED) is 0.274. The van der Waals surface area contributed by atoms with Gasteiger partial charge >= 0.3 is 0 Å². The normalized spacial score (nSPS) is 11.7. The third kappa shape index (κ3) is 8.10. The molecular formula is C31H39N3O8S. The Morgan fingerprint density at radius 2 is 1.56 bits per heavy atom. The number of carbonyl (C=O) groups excluding carboxylic acids is 2. The van der Waals surface area contributed by atoms with Crippen molar-refractivity contribution in [3.8, 4) is 23.0 Å². The van der Waals surface area contributed by atoms with Crippen molar-refractivity contribution in [2.45, 2.75) is 38.3 Å². The SMILES string of the molecule is CCNC(=O)C(C)N(Cc1cccc(OC)c1)C(=O)CN(c1ccc(OCC)cc1)S(=O)(=O)c1ccc(OC)c(OC)c1. The topological polar surface area (TPSA) is 124 Å². The van der Waals surface area contributed by atoms with Crippen LogP contribution in [0.2, 0.25) is 0 Å². The van der Waals surface area contributed by atoms with Crippen LogP contribution in [0.15, 0.2) is 71.6 Å². The van der Waals surface area contributed by atoms with Crippen LogP contribution in [0.25, 0.3) is 0 Å². The Hall–Kier alpha value is -4.45. The maximum absolute atomic E-state index is 14.1. The van der Waals surface area contributed by atoms with Crippen LogP contribution in [0.1, 0.15) is 26.3 Å². The molecule has 3 aromatic rings. The third-order valence-electron chi connectivity index (χ3n) is 6.66. The Morgan fingerprint density at radius 3 is 2.16 bits per heavy atom. The predicted molar refractivity (Wildman–Crippen MR) is 163 cm³/mol. The fourth-order valence-corrected chi connectivity index (χ4v) is 5.81. The number of rotatable bonds is 15. The van der Waals surface area contributed by atoms with Crippen molar-refractivity contribution in [1.82, 2.24) is 10.2 Å². The number of ether oxygens (including phenoxy) is 4. The van der Waals surface area contributed by atoms with Gasteiger partial charge in [0.25, 0.3) is 10.0 Å². The second kappa shape index (κ2) is 15.1. The van der Waals surface area contributed by atoms with Crippen LogP contribution in [0.5, 0.6) is 23.0 Å². The van der Waals surface area contributed by atoms with Crippen molar-refractivity contribution >= 4 is 27.5 Å². The molecule has 0 aromatic heterocycles. The zero-order valence-electron chi connectivity index (χ0n) is 25.3. The first-order valence-corrected chi connectivity index (χ1v) is 15.2. The number of methoxy groups -OCH3 is 3. The number of nitrogens with zero attached hydrogens (tertiary/aromatic N) is 2. The molecule has 2 amide bonds. The molecule has 0 saturated carbocycles. The van der Waals surface area contributed by atoms with E-state index < -0.39 is 28.5 Å². The first-order chi connectivity index (χ1) is 20.6. The number of anilines is 1. The van der Waals surface area contributed by atoms with Crippen LogP contribution in [0.3, 0.4) is 0 Å².